The lowest BCUT2D eigenvalue weighted by atomic mass is 9.82. The maximum absolute atomic E-state index is 11.8. The second-order valence-electron chi connectivity index (χ2n) is 6.17. The van der Waals surface area contributed by atoms with Gasteiger partial charge in [0.2, 0.25) is 0 Å². The van der Waals surface area contributed by atoms with E-state index in [-0.39, 0.29) is 5.97 Å². The van der Waals surface area contributed by atoms with Crippen LogP contribution in [0.15, 0.2) is 18.2 Å². The number of thioether (sulfide) groups is 1. The summed E-state index contributed by atoms with van der Waals surface area (Å²) in [6, 6.07) is 6.66. The fourth-order valence-electron chi connectivity index (χ4n) is 3.15. The summed E-state index contributed by atoms with van der Waals surface area (Å²) in [7, 11) is 1.42. The predicted molar refractivity (Wildman–Crippen MR) is 88.4 cm³/mol. The third-order valence-electron chi connectivity index (χ3n) is 4.10. The van der Waals surface area contributed by atoms with Crippen LogP contribution in [0.25, 0.3) is 0 Å². The SMILES string of the molecule is COC(=O)C1(N)CCCC(SCc2cc(C)cc(C)c2)C1. The number of carbonyl (C=O) groups excluding carboxylic acids is 1. The smallest absolute Gasteiger partial charge is 0.325 e. The van der Waals surface area contributed by atoms with E-state index in [2.05, 4.69) is 32.0 Å². The molecule has 1 aromatic carbocycles. The minimum Gasteiger partial charge on any atom is -0.468 e. The van der Waals surface area contributed by atoms with Gasteiger partial charge in [0.25, 0.3) is 0 Å². The monoisotopic (exact) mass is 307 g/mol. The van der Waals surface area contributed by atoms with Crippen molar-refractivity contribution >= 4 is 17.7 Å². The summed E-state index contributed by atoms with van der Waals surface area (Å²) in [5.41, 5.74) is 9.40. The van der Waals surface area contributed by atoms with Crippen LogP contribution in [0.5, 0.6) is 0 Å². The Balaban J connectivity index is 1.95. The summed E-state index contributed by atoms with van der Waals surface area (Å²) in [5, 5.41) is 0.434. The number of nitrogens with two attached hydrogens (primary N) is 1. The van der Waals surface area contributed by atoms with Crippen molar-refractivity contribution in [3.63, 3.8) is 0 Å². The Hall–Kier alpha value is -1.00. The first-order valence-corrected chi connectivity index (χ1v) is 8.54. The molecule has 0 heterocycles. The molecule has 21 heavy (non-hydrogen) atoms. The summed E-state index contributed by atoms with van der Waals surface area (Å²) in [6.45, 7) is 4.26. The van der Waals surface area contributed by atoms with Crippen LogP contribution in [0, 0.1) is 13.8 Å². The van der Waals surface area contributed by atoms with Crippen LogP contribution in [-0.2, 0) is 15.3 Å². The molecule has 116 valence electrons. The number of hydrogen-bond acceptors (Lipinski definition) is 4. The van der Waals surface area contributed by atoms with Crippen LogP contribution < -0.4 is 5.73 Å². The van der Waals surface area contributed by atoms with Crippen molar-refractivity contribution in [2.75, 3.05) is 7.11 Å². The number of hydrogen-bond donors (Lipinski definition) is 1. The van der Waals surface area contributed by atoms with Crippen molar-refractivity contribution in [3.05, 3.63) is 34.9 Å². The van der Waals surface area contributed by atoms with E-state index in [1.54, 1.807) is 0 Å². The Morgan fingerprint density at radius 3 is 2.67 bits per heavy atom. The van der Waals surface area contributed by atoms with E-state index < -0.39 is 5.54 Å². The predicted octanol–water partition coefficient (Wildman–Crippen LogP) is 3.35. The number of rotatable bonds is 4. The minimum absolute atomic E-state index is 0.265. The fraction of sp³-hybridized carbons (Fsp3) is 0.588. The molecular weight excluding hydrogens is 282 g/mol. The Labute approximate surface area is 131 Å². The van der Waals surface area contributed by atoms with Crippen LogP contribution in [-0.4, -0.2) is 23.9 Å². The van der Waals surface area contributed by atoms with Gasteiger partial charge in [0, 0.05) is 11.0 Å². The number of benzene rings is 1. The van der Waals surface area contributed by atoms with Gasteiger partial charge in [0.15, 0.2) is 0 Å². The van der Waals surface area contributed by atoms with Crippen molar-refractivity contribution in [1.82, 2.24) is 0 Å². The van der Waals surface area contributed by atoms with E-state index in [4.69, 9.17) is 10.5 Å². The molecule has 1 saturated carbocycles. The summed E-state index contributed by atoms with van der Waals surface area (Å²) < 4.78 is 4.86. The molecule has 1 fully saturated rings. The average molecular weight is 307 g/mol. The zero-order chi connectivity index (χ0) is 15.5. The molecule has 2 unspecified atom stereocenters. The van der Waals surface area contributed by atoms with Crippen LogP contribution in [0.2, 0.25) is 0 Å². The number of aryl methyl sites for hydroxylation is 2. The van der Waals surface area contributed by atoms with Gasteiger partial charge in [0.05, 0.1) is 7.11 Å². The first kappa shape index (κ1) is 16.4. The number of methoxy groups -OCH3 is 1. The first-order valence-electron chi connectivity index (χ1n) is 7.49. The van der Waals surface area contributed by atoms with Gasteiger partial charge < -0.3 is 10.5 Å². The number of carbonyl (C=O) groups is 1. The molecule has 0 spiro atoms. The third-order valence-corrected chi connectivity index (χ3v) is 5.47. The zero-order valence-corrected chi connectivity index (χ0v) is 14.0. The number of ether oxygens (including phenoxy) is 1. The first-order chi connectivity index (χ1) is 9.93. The van der Waals surface area contributed by atoms with Gasteiger partial charge in [-0.25, -0.2) is 0 Å². The van der Waals surface area contributed by atoms with E-state index >= 15 is 0 Å². The molecule has 1 aliphatic carbocycles. The molecule has 0 amide bonds. The lowest BCUT2D eigenvalue weighted by Crippen LogP contribution is -2.52. The van der Waals surface area contributed by atoms with E-state index in [0.717, 1.165) is 31.4 Å². The third kappa shape index (κ3) is 4.24. The summed E-state index contributed by atoms with van der Waals surface area (Å²) >= 11 is 1.91. The highest BCUT2D eigenvalue weighted by atomic mass is 32.2. The molecule has 0 saturated heterocycles. The highest BCUT2D eigenvalue weighted by molar-refractivity contribution is 7.99. The largest absolute Gasteiger partial charge is 0.468 e. The molecule has 0 aliphatic heterocycles. The highest BCUT2D eigenvalue weighted by Crippen LogP contribution is 2.35. The van der Waals surface area contributed by atoms with Gasteiger partial charge in [-0.1, -0.05) is 29.3 Å². The van der Waals surface area contributed by atoms with Crippen LogP contribution in [0.3, 0.4) is 0 Å². The highest BCUT2D eigenvalue weighted by Gasteiger charge is 2.40. The topological polar surface area (TPSA) is 52.3 Å². The Bertz CT molecular complexity index is 497. The Morgan fingerprint density at radius 2 is 2.05 bits per heavy atom. The summed E-state index contributed by atoms with van der Waals surface area (Å²) in [5.74, 6) is 0.712. The Morgan fingerprint density at radius 1 is 1.38 bits per heavy atom. The normalized spacial score (nSPS) is 25.6. The lowest BCUT2D eigenvalue weighted by molar-refractivity contribution is -0.148. The molecule has 0 radical (unpaired) electrons. The van der Waals surface area contributed by atoms with Gasteiger partial charge in [-0.2, -0.15) is 11.8 Å². The Kier molecular flexibility index (Phi) is 5.33. The van der Waals surface area contributed by atoms with E-state index in [1.165, 1.54) is 23.8 Å². The van der Waals surface area contributed by atoms with Crippen molar-refractivity contribution < 1.29 is 9.53 Å². The van der Waals surface area contributed by atoms with Crippen molar-refractivity contribution in [2.24, 2.45) is 5.73 Å². The average Bonchev–Trinajstić information content (AvgIpc) is 2.43. The van der Waals surface area contributed by atoms with E-state index in [9.17, 15) is 4.79 Å². The van der Waals surface area contributed by atoms with Gasteiger partial charge in [-0.15, -0.1) is 0 Å². The maximum atomic E-state index is 11.8. The molecule has 2 N–H and O–H groups in total. The molecule has 3 nitrogen and oxygen atoms in total. The molecule has 4 heteroatoms. The summed E-state index contributed by atoms with van der Waals surface area (Å²) in [4.78, 5) is 11.8. The molecule has 0 bridgehead atoms. The van der Waals surface area contributed by atoms with Crippen LogP contribution in [0.1, 0.15) is 42.4 Å². The molecule has 0 aromatic heterocycles. The van der Waals surface area contributed by atoms with Gasteiger partial charge in [0.1, 0.15) is 5.54 Å². The summed E-state index contributed by atoms with van der Waals surface area (Å²) in [6.07, 6.45) is 3.58. The number of esters is 1. The standard InChI is InChI=1S/C17H25NO2S/c1-12-7-13(2)9-14(8-12)11-21-15-5-4-6-17(18,10-15)16(19)20-3/h7-9,15H,4-6,10-11,18H2,1-3H3. The molecular formula is C17H25NO2S. The second kappa shape index (κ2) is 6.84. The molecule has 1 aliphatic rings. The fourth-order valence-corrected chi connectivity index (χ4v) is 4.50. The van der Waals surface area contributed by atoms with Crippen molar-refractivity contribution in [2.45, 2.75) is 56.1 Å². The van der Waals surface area contributed by atoms with Crippen LogP contribution >= 0.6 is 11.8 Å². The molecule has 2 rings (SSSR count). The maximum Gasteiger partial charge on any atom is 0.325 e. The zero-order valence-electron chi connectivity index (χ0n) is 13.1. The second-order valence-corrected chi connectivity index (χ2v) is 7.46. The van der Waals surface area contributed by atoms with Crippen molar-refractivity contribution in [3.8, 4) is 0 Å². The van der Waals surface area contributed by atoms with Gasteiger partial charge >= 0.3 is 5.97 Å². The van der Waals surface area contributed by atoms with E-state index in [0.29, 0.717) is 5.25 Å². The van der Waals surface area contributed by atoms with Crippen LogP contribution in [0.4, 0.5) is 0 Å². The quantitative estimate of drug-likeness (QED) is 0.867. The van der Waals surface area contributed by atoms with Crippen molar-refractivity contribution in [1.29, 1.82) is 0 Å². The van der Waals surface area contributed by atoms with Gasteiger partial charge in [-0.3, -0.25) is 4.79 Å². The molecule has 2 atom stereocenters. The minimum atomic E-state index is -0.785. The van der Waals surface area contributed by atoms with E-state index in [1.807, 2.05) is 11.8 Å². The molecule has 1 aromatic rings. The lowest BCUT2D eigenvalue weighted by Gasteiger charge is -2.35. The van der Waals surface area contributed by atoms with Gasteiger partial charge in [-0.05, 0) is 45.1 Å².